The van der Waals surface area contributed by atoms with E-state index in [0.29, 0.717) is 31.1 Å². The molecule has 1 amide bonds. The van der Waals surface area contributed by atoms with E-state index in [2.05, 4.69) is 4.98 Å². The van der Waals surface area contributed by atoms with E-state index in [0.717, 1.165) is 29.2 Å². The van der Waals surface area contributed by atoms with Crippen molar-refractivity contribution < 1.29 is 17.9 Å². The van der Waals surface area contributed by atoms with Crippen molar-refractivity contribution in [2.75, 3.05) is 26.2 Å². The van der Waals surface area contributed by atoms with Crippen LogP contribution in [-0.2, 0) is 14.8 Å². The maximum Gasteiger partial charge on any atom is 0.410 e. The van der Waals surface area contributed by atoms with Gasteiger partial charge >= 0.3 is 6.09 Å². The van der Waals surface area contributed by atoms with Gasteiger partial charge in [0.25, 0.3) is 0 Å². The highest BCUT2D eigenvalue weighted by Gasteiger charge is 2.42. The fourth-order valence-corrected chi connectivity index (χ4v) is 6.23. The molecule has 28 heavy (non-hydrogen) atoms. The third-order valence-corrected chi connectivity index (χ3v) is 7.61. The molecule has 3 saturated heterocycles. The lowest BCUT2D eigenvalue weighted by molar-refractivity contribution is 0.0721. The molecule has 0 saturated carbocycles. The molecular weight excluding hydrogens is 378 g/mol. The molecule has 2 bridgehead atoms. The number of aromatic nitrogens is 1. The largest absolute Gasteiger partial charge is 0.450 e. The number of rotatable bonds is 3. The minimum Gasteiger partial charge on any atom is -0.450 e. The highest BCUT2D eigenvalue weighted by Crippen LogP contribution is 2.34. The van der Waals surface area contributed by atoms with Crippen LogP contribution in [0.4, 0.5) is 4.79 Å². The Hall–Kier alpha value is -2.19. The predicted molar refractivity (Wildman–Crippen MR) is 105 cm³/mol. The van der Waals surface area contributed by atoms with Crippen molar-refractivity contribution in [3.05, 3.63) is 36.2 Å². The predicted octanol–water partition coefficient (Wildman–Crippen LogP) is 2.78. The van der Waals surface area contributed by atoms with Gasteiger partial charge in [0.15, 0.2) is 0 Å². The van der Waals surface area contributed by atoms with Crippen LogP contribution in [0.1, 0.15) is 25.3 Å². The van der Waals surface area contributed by atoms with Crippen LogP contribution in [0.15, 0.2) is 35.5 Å². The minimum absolute atomic E-state index is 0.121. The van der Waals surface area contributed by atoms with Crippen molar-refractivity contribution >= 4 is 26.9 Å². The number of aryl methyl sites for hydroxylation is 1. The normalized spacial score (nSPS) is 23.0. The van der Waals surface area contributed by atoms with Crippen molar-refractivity contribution in [1.82, 2.24) is 14.2 Å². The van der Waals surface area contributed by atoms with Gasteiger partial charge in [-0.05, 0) is 44.2 Å². The Morgan fingerprint density at radius 1 is 1.21 bits per heavy atom. The lowest BCUT2D eigenvalue weighted by atomic mass is 9.95. The van der Waals surface area contributed by atoms with Crippen molar-refractivity contribution in [2.45, 2.75) is 37.6 Å². The number of pyridine rings is 1. The number of hydrogen-bond acceptors (Lipinski definition) is 5. The highest BCUT2D eigenvalue weighted by molar-refractivity contribution is 7.89. The Labute approximate surface area is 165 Å². The monoisotopic (exact) mass is 403 g/mol. The number of hydrogen-bond donors (Lipinski definition) is 0. The lowest BCUT2D eigenvalue weighted by Gasteiger charge is -2.35. The molecule has 4 heterocycles. The summed E-state index contributed by atoms with van der Waals surface area (Å²) in [6, 6.07) is 5.15. The Balaban J connectivity index is 1.71. The van der Waals surface area contributed by atoms with Crippen LogP contribution >= 0.6 is 0 Å². The van der Waals surface area contributed by atoms with Crippen molar-refractivity contribution in [3.8, 4) is 0 Å². The molecule has 3 fully saturated rings. The molecule has 2 unspecified atom stereocenters. The number of amides is 1. The molecule has 1 aromatic carbocycles. The Morgan fingerprint density at radius 3 is 2.82 bits per heavy atom. The van der Waals surface area contributed by atoms with Gasteiger partial charge in [0, 0.05) is 48.8 Å². The van der Waals surface area contributed by atoms with E-state index in [4.69, 9.17) is 4.74 Å². The van der Waals surface area contributed by atoms with Crippen LogP contribution < -0.4 is 0 Å². The smallest absolute Gasteiger partial charge is 0.410 e. The number of piperidine rings is 1. The molecule has 3 aliphatic heterocycles. The number of benzene rings is 1. The number of nitrogens with zero attached hydrogens (tertiary/aromatic N) is 3. The van der Waals surface area contributed by atoms with Crippen LogP contribution in [0.3, 0.4) is 0 Å². The van der Waals surface area contributed by atoms with E-state index in [-0.39, 0.29) is 18.1 Å². The van der Waals surface area contributed by atoms with Crippen molar-refractivity contribution in [2.24, 2.45) is 5.92 Å². The third-order valence-electron chi connectivity index (χ3n) is 5.73. The molecule has 1 aromatic heterocycles. The van der Waals surface area contributed by atoms with Crippen molar-refractivity contribution in [3.63, 3.8) is 0 Å². The van der Waals surface area contributed by atoms with E-state index < -0.39 is 10.0 Å². The molecular formula is C20H25N3O4S. The summed E-state index contributed by atoms with van der Waals surface area (Å²) in [5, 5.41) is 1.53. The van der Waals surface area contributed by atoms with E-state index in [1.807, 2.05) is 13.0 Å². The van der Waals surface area contributed by atoms with Crippen LogP contribution in [0.5, 0.6) is 0 Å². The Kier molecular flexibility index (Phi) is 5.01. The van der Waals surface area contributed by atoms with E-state index in [1.165, 1.54) is 0 Å². The zero-order valence-corrected chi connectivity index (χ0v) is 17.0. The second-order valence-electron chi connectivity index (χ2n) is 7.58. The summed E-state index contributed by atoms with van der Waals surface area (Å²) in [5.41, 5.74) is 0.836. The summed E-state index contributed by atoms with van der Waals surface area (Å²) in [7, 11) is -3.69. The zero-order valence-electron chi connectivity index (χ0n) is 16.2. The van der Waals surface area contributed by atoms with Gasteiger partial charge in [-0.15, -0.1) is 0 Å². The van der Waals surface area contributed by atoms with Crippen LogP contribution in [-0.4, -0.2) is 61.0 Å². The second kappa shape index (κ2) is 7.33. The fourth-order valence-electron chi connectivity index (χ4n) is 4.39. The number of carbonyl (C=O) groups is 1. The first-order chi connectivity index (χ1) is 13.4. The van der Waals surface area contributed by atoms with Gasteiger partial charge in [0.05, 0.1) is 11.5 Å². The summed E-state index contributed by atoms with van der Waals surface area (Å²) < 4.78 is 33.9. The maximum absolute atomic E-state index is 13.6. The molecule has 150 valence electrons. The molecule has 5 rings (SSSR count). The molecule has 8 heteroatoms. The van der Waals surface area contributed by atoms with Gasteiger partial charge in [-0.25, -0.2) is 13.2 Å². The summed E-state index contributed by atoms with van der Waals surface area (Å²) in [5.74, 6) is 0.121. The first-order valence-corrected chi connectivity index (χ1v) is 11.1. The Bertz CT molecular complexity index is 1000. The number of carbonyl (C=O) groups excluding carboxylic acids is 1. The maximum atomic E-state index is 13.6. The lowest BCUT2D eigenvalue weighted by Crippen LogP contribution is -2.47. The molecule has 2 aromatic rings. The summed E-state index contributed by atoms with van der Waals surface area (Å²) >= 11 is 0. The Morgan fingerprint density at radius 2 is 2.04 bits per heavy atom. The van der Waals surface area contributed by atoms with Crippen LogP contribution in [0.2, 0.25) is 0 Å². The molecule has 0 radical (unpaired) electrons. The van der Waals surface area contributed by atoms with Gasteiger partial charge in [-0.1, -0.05) is 12.1 Å². The summed E-state index contributed by atoms with van der Waals surface area (Å²) in [6.07, 6.45) is 4.76. The summed E-state index contributed by atoms with van der Waals surface area (Å²) in [6.45, 7) is 5.25. The van der Waals surface area contributed by atoms with E-state index in [1.54, 1.807) is 40.7 Å². The average molecular weight is 404 g/mol. The standard InChI is InChI=1S/C20H25N3O4S/c1-3-27-20(24)23-12-15-7-8-17(23)13-22(11-15)28(25,26)18-6-4-5-16-10-21-9-14(2)19(16)18/h4-6,9-10,15,17H,3,7-8,11-13H2,1-2H3. The molecule has 2 atom stereocenters. The summed E-state index contributed by atoms with van der Waals surface area (Å²) in [4.78, 5) is 18.5. The van der Waals surface area contributed by atoms with Gasteiger partial charge in [0.1, 0.15) is 0 Å². The van der Waals surface area contributed by atoms with Crippen molar-refractivity contribution in [1.29, 1.82) is 0 Å². The molecule has 3 aliphatic rings. The first-order valence-electron chi connectivity index (χ1n) is 9.68. The van der Waals surface area contributed by atoms with Crippen LogP contribution in [0.25, 0.3) is 10.8 Å². The number of fused-ring (bicyclic) bond motifs is 5. The molecule has 0 N–H and O–H groups in total. The van der Waals surface area contributed by atoms with E-state index in [9.17, 15) is 13.2 Å². The quantitative estimate of drug-likeness (QED) is 0.787. The number of sulfonamides is 1. The number of ether oxygens (including phenoxy) is 1. The average Bonchev–Trinajstić information content (AvgIpc) is 3.01. The molecule has 7 nitrogen and oxygen atoms in total. The van der Waals surface area contributed by atoms with E-state index >= 15 is 0 Å². The SMILES string of the molecule is CCOC(=O)N1CC2CCC1CN(S(=O)(=O)c1cccc3cncc(C)c13)C2. The second-order valence-corrected chi connectivity index (χ2v) is 9.49. The fraction of sp³-hybridized carbons (Fsp3) is 0.500. The third kappa shape index (κ3) is 3.24. The van der Waals surface area contributed by atoms with Crippen LogP contribution in [0, 0.1) is 12.8 Å². The van der Waals surface area contributed by atoms with Gasteiger partial charge in [-0.3, -0.25) is 4.98 Å². The zero-order chi connectivity index (χ0) is 19.9. The van der Waals surface area contributed by atoms with Gasteiger partial charge < -0.3 is 9.64 Å². The highest BCUT2D eigenvalue weighted by atomic mass is 32.2. The van der Waals surface area contributed by atoms with Gasteiger partial charge in [-0.2, -0.15) is 4.31 Å². The van der Waals surface area contributed by atoms with Gasteiger partial charge in [0.2, 0.25) is 10.0 Å². The first kappa shape index (κ1) is 19.1. The molecule has 0 spiro atoms. The minimum atomic E-state index is -3.69. The topological polar surface area (TPSA) is 79.8 Å². The molecule has 0 aliphatic carbocycles.